The van der Waals surface area contributed by atoms with Crippen molar-refractivity contribution in [2.24, 2.45) is 17.6 Å². The van der Waals surface area contributed by atoms with Crippen LogP contribution in [0.25, 0.3) is 0 Å². The number of amides is 1. The molecule has 0 bridgehead atoms. The molecule has 3 N–H and O–H groups in total. The van der Waals surface area contributed by atoms with Gasteiger partial charge in [0.1, 0.15) is 5.82 Å². The van der Waals surface area contributed by atoms with E-state index in [1.54, 1.807) is 18.3 Å². The maximum atomic E-state index is 12.1. The van der Waals surface area contributed by atoms with Gasteiger partial charge in [0.25, 0.3) is 0 Å². The quantitative estimate of drug-likeness (QED) is 0.793. The Morgan fingerprint density at radius 3 is 3.11 bits per heavy atom. The zero-order valence-electron chi connectivity index (χ0n) is 11.1. The topological polar surface area (TPSA) is 68.0 Å². The Labute approximate surface area is 113 Å². The number of pyridine rings is 1. The van der Waals surface area contributed by atoms with Crippen LogP contribution in [0.5, 0.6) is 0 Å². The number of hydrogen-bond acceptors (Lipinski definition) is 3. The summed E-state index contributed by atoms with van der Waals surface area (Å²) >= 11 is 0. The van der Waals surface area contributed by atoms with E-state index in [1.165, 1.54) is 0 Å². The van der Waals surface area contributed by atoms with E-state index in [0.29, 0.717) is 18.3 Å². The van der Waals surface area contributed by atoms with Crippen molar-refractivity contribution < 1.29 is 4.79 Å². The first-order valence-corrected chi connectivity index (χ1v) is 6.66. The number of nitrogens with zero attached hydrogens (tertiary/aromatic N) is 1. The number of nitrogens with two attached hydrogens (primary N) is 1. The van der Waals surface area contributed by atoms with Crippen molar-refractivity contribution in [2.45, 2.75) is 26.2 Å². The first-order valence-electron chi connectivity index (χ1n) is 6.66. The van der Waals surface area contributed by atoms with Crippen LogP contribution in [0.1, 0.15) is 31.7 Å². The summed E-state index contributed by atoms with van der Waals surface area (Å²) in [5.41, 5.74) is 6.15. The third kappa shape index (κ3) is 3.55. The molecule has 0 radical (unpaired) electrons. The van der Waals surface area contributed by atoms with Crippen LogP contribution in [0, 0.1) is 23.7 Å². The van der Waals surface area contributed by atoms with Gasteiger partial charge in [0.2, 0.25) is 5.91 Å². The van der Waals surface area contributed by atoms with Crippen LogP contribution in [0.15, 0.2) is 18.3 Å². The van der Waals surface area contributed by atoms with Crippen LogP contribution in [-0.2, 0) is 4.79 Å². The van der Waals surface area contributed by atoms with Crippen molar-refractivity contribution in [3.63, 3.8) is 0 Å². The molecule has 4 nitrogen and oxygen atoms in total. The molecular weight excluding hydrogens is 238 g/mol. The van der Waals surface area contributed by atoms with E-state index in [4.69, 9.17) is 5.73 Å². The minimum Gasteiger partial charge on any atom is -0.320 e. The average Bonchev–Trinajstić information content (AvgIpc) is 2.83. The molecule has 0 aliphatic heterocycles. The maximum Gasteiger partial charge on any atom is 0.228 e. The molecule has 1 aromatic heterocycles. The molecule has 19 heavy (non-hydrogen) atoms. The Balaban J connectivity index is 2.04. The average molecular weight is 257 g/mol. The summed E-state index contributed by atoms with van der Waals surface area (Å²) in [7, 11) is 0. The molecule has 1 aliphatic carbocycles. The molecule has 1 heterocycles. The van der Waals surface area contributed by atoms with Gasteiger partial charge in [-0.2, -0.15) is 0 Å². The Morgan fingerprint density at radius 2 is 2.42 bits per heavy atom. The van der Waals surface area contributed by atoms with Crippen LogP contribution >= 0.6 is 0 Å². The van der Waals surface area contributed by atoms with Crippen molar-refractivity contribution in [1.82, 2.24) is 4.98 Å². The van der Waals surface area contributed by atoms with Crippen LogP contribution in [0.4, 0.5) is 5.82 Å². The Kier molecular flexibility index (Phi) is 4.53. The first-order chi connectivity index (χ1) is 9.20. The lowest BCUT2D eigenvalue weighted by Gasteiger charge is -2.14. The summed E-state index contributed by atoms with van der Waals surface area (Å²) in [6.07, 6.45) is 4.89. The molecule has 0 aromatic carbocycles. The maximum absolute atomic E-state index is 12.1. The van der Waals surface area contributed by atoms with Gasteiger partial charge < -0.3 is 11.1 Å². The molecule has 1 saturated carbocycles. The Bertz CT molecular complexity index is 516. The normalized spacial score (nSPS) is 21.6. The third-order valence-corrected chi connectivity index (χ3v) is 3.54. The lowest BCUT2D eigenvalue weighted by Crippen LogP contribution is -2.25. The van der Waals surface area contributed by atoms with Gasteiger partial charge in [-0.25, -0.2) is 4.98 Å². The van der Waals surface area contributed by atoms with Crippen LogP contribution in [0.3, 0.4) is 0 Å². The fourth-order valence-electron chi connectivity index (χ4n) is 2.48. The number of hydrogen-bond donors (Lipinski definition) is 2. The van der Waals surface area contributed by atoms with E-state index in [1.807, 2.05) is 0 Å². The summed E-state index contributed by atoms with van der Waals surface area (Å²) in [5, 5.41) is 2.88. The largest absolute Gasteiger partial charge is 0.320 e. The van der Waals surface area contributed by atoms with Crippen molar-refractivity contribution in [2.75, 3.05) is 11.9 Å². The van der Waals surface area contributed by atoms with Gasteiger partial charge in [-0.05, 0) is 30.9 Å². The minimum absolute atomic E-state index is 0.0708. The number of aromatic nitrogens is 1. The number of carbonyl (C=O) groups is 1. The standard InChI is InChI=1S/C15H19N3O/c1-11-4-2-6-13(11)15(19)18-14-10-12(5-3-8-16)7-9-17-14/h7,9-11,13H,2,4,6,8,16H2,1H3,(H,17,18,19). The highest BCUT2D eigenvalue weighted by atomic mass is 16.2. The van der Waals surface area contributed by atoms with Gasteiger partial charge in [-0.15, -0.1) is 0 Å². The molecule has 2 rings (SSSR count). The van der Waals surface area contributed by atoms with Crippen molar-refractivity contribution in [3.05, 3.63) is 23.9 Å². The van der Waals surface area contributed by atoms with E-state index in [-0.39, 0.29) is 11.8 Å². The minimum atomic E-state index is 0.0708. The third-order valence-electron chi connectivity index (χ3n) is 3.54. The second-order valence-corrected chi connectivity index (χ2v) is 4.94. The fraction of sp³-hybridized carbons (Fsp3) is 0.467. The monoisotopic (exact) mass is 257 g/mol. The molecule has 0 saturated heterocycles. The zero-order valence-corrected chi connectivity index (χ0v) is 11.1. The Morgan fingerprint density at radius 1 is 1.58 bits per heavy atom. The molecule has 2 atom stereocenters. The molecule has 1 fully saturated rings. The van der Waals surface area contributed by atoms with Crippen molar-refractivity contribution in [3.8, 4) is 11.8 Å². The van der Waals surface area contributed by atoms with Crippen molar-refractivity contribution in [1.29, 1.82) is 0 Å². The van der Waals surface area contributed by atoms with Crippen LogP contribution in [0.2, 0.25) is 0 Å². The van der Waals surface area contributed by atoms with E-state index in [0.717, 1.165) is 24.8 Å². The number of carbonyl (C=O) groups excluding carboxylic acids is 1. The van der Waals surface area contributed by atoms with E-state index in [9.17, 15) is 4.79 Å². The predicted molar refractivity (Wildman–Crippen MR) is 75.3 cm³/mol. The van der Waals surface area contributed by atoms with E-state index >= 15 is 0 Å². The molecule has 2 unspecified atom stereocenters. The van der Waals surface area contributed by atoms with Gasteiger partial charge in [-0.3, -0.25) is 4.79 Å². The SMILES string of the molecule is CC1CCCC1C(=O)Nc1cc(C#CCN)ccn1. The summed E-state index contributed by atoms with van der Waals surface area (Å²) in [6, 6.07) is 3.58. The van der Waals surface area contributed by atoms with Crippen molar-refractivity contribution >= 4 is 11.7 Å². The van der Waals surface area contributed by atoms with Crippen LogP contribution < -0.4 is 11.1 Å². The van der Waals surface area contributed by atoms with Gasteiger partial charge in [0.05, 0.1) is 6.54 Å². The smallest absolute Gasteiger partial charge is 0.228 e. The molecule has 0 spiro atoms. The molecule has 1 aliphatic rings. The lowest BCUT2D eigenvalue weighted by atomic mass is 9.97. The first kappa shape index (κ1) is 13.6. The molecule has 100 valence electrons. The molecule has 1 amide bonds. The second-order valence-electron chi connectivity index (χ2n) is 4.94. The summed E-state index contributed by atoms with van der Waals surface area (Å²) in [4.78, 5) is 16.3. The van der Waals surface area contributed by atoms with Gasteiger partial charge in [-0.1, -0.05) is 25.2 Å². The Hall–Kier alpha value is -1.86. The molecule has 4 heteroatoms. The summed E-state index contributed by atoms with van der Waals surface area (Å²) < 4.78 is 0. The highest BCUT2D eigenvalue weighted by Gasteiger charge is 2.29. The molecule has 1 aromatic rings. The fourth-order valence-corrected chi connectivity index (χ4v) is 2.48. The summed E-state index contributed by atoms with van der Waals surface area (Å²) in [6.45, 7) is 2.46. The van der Waals surface area contributed by atoms with Gasteiger partial charge in [0, 0.05) is 17.7 Å². The highest BCUT2D eigenvalue weighted by molar-refractivity contribution is 5.92. The second kappa shape index (κ2) is 6.35. The zero-order chi connectivity index (χ0) is 13.7. The highest BCUT2D eigenvalue weighted by Crippen LogP contribution is 2.31. The number of nitrogens with one attached hydrogen (secondary N) is 1. The lowest BCUT2D eigenvalue weighted by molar-refractivity contribution is -0.120. The number of anilines is 1. The van der Waals surface area contributed by atoms with Gasteiger partial charge >= 0.3 is 0 Å². The van der Waals surface area contributed by atoms with E-state index in [2.05, 4.69) is 29.1 Å². The molecular formula is C15H19N3O. The predicted octanol–water partition coefficient (Wildman–Crippen LogP) is 1.77. The van der Waals surface area contributed by atoms with E-state index < -0.39 is 0 Å². The van der Waals surface area contributed by atoms with Crippen LogP contribution in [-0.4, -0.2) is 17.4 Å². The summed E-state index contributed by atoms with van der Waals surface area (Å²) in [5.74, 6) is 6.92. The number of rotatable bonds is 2. The van der Waals surface area contributed by atoms with Gasteiger partial charge in [0.15, 0.2) is 0 Å².